The number of amides is 1. The standard InChI is InChI=1S/C25H31Br2N3O6S2/c1-3-36-25(31)28-14-4-16-29(37(32,33)23-10-6-21(26)7-11-23)18-20(2)19-30(17-5-15-28)38(34,35)24-12-8-22(27)9-13-24/h6-13H,2-5,14-19H2,1H3. The van der Waals surface area contributed by atoms with E-state index in [9.17, 15) is 21.6 Å². The molecule has 0 spiro atoms. The maximum Gasteiger partial charge on any atom is 0.409 e. The zero-order valence-electron chi connectivity index (χ0n) is 21.1. The van der Waals surface area contributed by atoms with Crippen molar-refractivity contribution < 1.29 is 26.4 Å². The van der Waals surface area contributed by atoms with E-state index < -0.39 is 26.1 Å². The van der Waals surface area contributed by atoms with E-state index in [0.717, 1.165) is 8.95 Å². The number of halogens is 2. The van der Waals surface area contributed by atoms with Crippen molar-refractivity contribution in [2.45, 2.75) is 29.6 Å². The fourth-order valence-corrected chi connectivity index (χ4v) is 7.54. The van der Waals surface area contributed by atoms with Gasteiger partial charge in [-0.15, -0.1) is 0 Å². The number of hydrogen-bond acceptors (Lipinski definition) is 6. The summed E-state index contributed by atoms with van der Waals surface area (Å²) >= 11 is 6.64. The van der Waals surface area contributed by atoms with Gasteiger partial charge in [-0.2, -0.15) is 8.61 Å². The Labute approximate surface area is 241 Å². The van der Waals surface area contributed by atoms with Crippen LogP contribution < -0.4 is 0 Å². The van der Waals surface area contributed by atoms with Crippen molar-refractivity contribution in [3.05, 3.63) is 69.6 Å². The fraction of sp³-hybridized carbons (Fsp3) is 0.400. The second kappa shape index (κ2) is 13.5. The van der Waals surface area contributed by atoms with Gasteiger partial charge in [-0.25, -0.2) is 21.6 Å². The first-order valence-electron chi connectivity index (χ1n) is 12.0. The van der Waals surface area contributed by atoms with Crippen molar-refractivity contribution in [3.8, 4) is 0 Å². The summed E-state index contributed by atoms with van der Waals surface area (Å²) in [6.07, 6.45) is 0.240. The van der Waals surface area contributed by atoms with E-state index in [2.05, 4.69) is 38.4 Å². The second-order valence-electron chi connectivity index (χ2n) is 8.73. The first kappa shape index (κ1) is 30.8. The molecule has 3 rings (SSSR count). The Balaban J connectivity index is 1.94. The number of benzene rings is 2. The number of hydrogen-bond donors (Lipinski definition) is 0. The maximum atomic E-state index is 13.5. The molecule has 0 aromatic heterocycles. The van der Waals surface area contributed by atoms with Crippen LogP contribution in [0.5, 0.6) is 0 Å². The molecule has 0 saturated carbocycles. The summed E-state index contributed by atoms with van der Waals surface area (Å²) in [5.74, 6) is 0. The summed E-state index contributed by atoms with van der Waals surface area (Å²) in [5.41, 5.74) is 0.439. The highest BCUT2D eigenvalue weighted by atomic mass is 79.9. The third-order valence-corrected chi connectivity index (χ3v) is 10.7. The second-order valence-corrected chi connectivity index (χ2v) is 14.4. The number of rotatable bonds is 5. The lowest BCUT2D eigenvalue weighted by Gasteiger charge is -2.30. The van der Waals surface area contributed by atoms with Crippen molar-refractivity contribution in [1.29, 1.82) is 0 Å². The van der Waals surface area contributed by atoms with Crippen LogP contribution in [-0.4, -0.2) is 82.3 Å². The zero-order chi connectivity index (χ0) is 27.9. The first-order valence-corrected chi connectivity index (χ1v) is 16.5. The summed E-state index contributed by atoms with van der Waals surface area (Å²) in [6.45, 7) is 6.57. The van der Waals surface area contributed by atoms with Crippen LogP contribution in [0.25, 0.3) is 0 Å². The van der Waals surface area contributed by atoms with Crippen LogP contribution in [0.2, 0.25) is 0 Å². The summed E-state index contributed by atoms with van der Waals surface area (Å²) in [4.78, 5) is 14.3. The van der Waals surface area contributed by atoms with Gasteiger partial charge >= 0.3 is 6.09 Å². The van der Waals surface area contributed by atoms with Gasteiger partial charge in [0, 0.05) is 48.2 Å². The molecule has 0 atom stereocenters. The summed E-state index contributed by atoms with van der Waals surface area (Å²) in [6, 6.07) is 12.6. The molecule has 0 unspecified atom stereocenters. The SMILES string of the molecule is C=C1CN(S(=O)(=O)c2ccc(Br)cc2)CCCN(C(=O)OCC)CCCN(S(=O)(=O)c2ccc(Br)cc2)C1. The quantitative estimate of drug-likeness (QED) is 0.421. The Morgan fingerprint density at radius 3 is 1.55 bits per heavy atom. The molecule has 1 aliphatic heterocycles. The van der Waals surface area contributed by atoms with E-state index >= 15 is 0 Å². The summed E-state index contributed by atoms with van der Waals surface area (Å²) in [5, 5.41) is 0. The highest BCUT2D eigenvalue weighted by Gasteiger charge is 2.30. The van der Waals surface area contributed by atoms with E-state index in [1.807, 2.05) is 0 Å². The average molecular weight is 693 g/mol. The Bertz CT molecular complexity index is 1240. The minimum atomic E-state index is -3.91. The van der Waals surface area contributed by atoms with Crippen LogP contribution in [0.3, 0.4) is 0 Å². The van der Waals surface area contributed by atoms with Crippen LogP contribution in [0.15, 0.2) is 79.4 Å². The van der Waals surface area contributed by atoms with Crippen LogP contribution in [-0.2, 0) is 24.8 Å². The minimum absolute atomic E-state index is 0.0653. The number of carbonyl (C=O) groups is 1. The van der Waals surface area contributed by atoms with E-state index in [-0.39, 0.29) is 55.7 Å². The Morgan fingerprint density at radius 2 is 1.18 bits per heavy atom. The highest BCUT2D eigenvalue weighted by Crippen LogP contribution is 2.23. The number of carbonyl (C=O) groups excluding carboxylic acids is 1. The molecule has 1 fully saturated rings. The van der Waals surface area contributed by atoms with E-state index in [1.54, 1.807) is 31.2 Å². The molecule has 9 nitrogen and oxygen atoms in total. The van der Waals surface area contributed by atoms with Crippen LogP contribution in [0.4, 0.5) is 4.79 Å². The molecule has 38 heavy (non-hydrogen) atoms. The molecule has 0 N–H and O–H groups in total. The molecule has 1 heterocycles. The highest BCUT2D eigenvalue weighted by molar-refractivity contribution is 9.10. The average Bonchev–Trinajstić information content (AvgIpc) is 2.86. The monoisotopic (exact) mass is 691 g/mol. The van der Waals surface area contributed by atoms with Gasteiger partial charge < -0.3 is 9.64 Å². The molecular weight excluding hydrogens is 662 g/mol. The molecule has 1 aliphatic rings. The summed E-state index contributed by atoms with van der Waals surface area (Å²) < 4.78 is 63.4. The van der Waals surface area contributed by atoms with Gasteiger partial charge in [0.2, 0.25) is 20.0 Å². The van der Waals surface area contributed by atoms with Gasteiger partial charge in [0.15, 0.2) is 0 Å². The van der Waals surface area contributed by atoms with Gasteiger partial charge in [-0.3, -0.25) is 0 Å². The summed E-state index contributed by atoms with van der Waals surface area (Å²) in [7, 11) is -7.83. The van der Waals surface area contributed by atoms with Crippen molar-refractivity contribution in [3.63, 3.8) is 0 Å². The molecule has 1 saturated heterocycles. The molecule has 0 bridgehead atoms. The van der Waals surface area contributed by atoms with E-state index in [0.29, 0.717) is 18.4 Å². The lowest BCUT2D eigenvalue weighted by Crippen LogP contribution is -2.42. The first-order chi connectivity index (χ1) is 17.9. The number of ether oxygens (including phenoxy) is 1. The van der Waals surface area contributed by atoms with Crippen LogP contribution in [0.1, 0.15) is 19.8 Å². The van der Waals surface area contributed by atoms with Crippen LogP contribution >= 0.6 is 31.9 Å². The van der Waals surface area contributed by atoms with Gasteiger partial charge in [0.05, 0.1) is 16.4 Å². The van der Waals surface area contributed by atoms with Crippen LogP contribution in [0, 0.1) is 0 Å². The lowest BCUT2D eigenvalue weighted by atomic mass is 10.2. The third-order valence-electron chi connectivity index (χ3n) is 5.90. The van der Waals surface area contributed by atoms with Gasteiger partial charge in [-0.1, -0.05) is 38.4 Å². The molecule has 13 heteroatoms. The third kappa shape index (κ3) is 7.89. The largest absolute Gasteiger partial charge is 0.450 e. The number of nitrogens with zero attached hydrogens (tertiary/aromatic N) is 3. The molecule has 0 radical (unpaired) electrons. The van der Waals surface area contributed by atoms with Gasteiger partial charge in [-0.05, 0) is 73.9 Å². The molecular formula is C25H31Br2N3O6S2. The molecule has 1 amide bonds. The normalized spacial score (nSPS) is 17.4. The smallest absolute Gasteiger partial charge is 0.409 e. The van der Waals surface area contributed by atoms with Crippen molar-refractivity contribution >= 4 is 58.0 Å². The molecule has 2 aromatic rings. The van der Waals surface area contributed by atoms with Gasteiger partial charge in [0.1, 0.15) is 0 Å². The van der Waals surface area contributed by atoms with Gasteiger partial charge in [0.25, 0.3) is 0 Å². The van der Waals surface area contributed by atoms with Crippen molar-refractivity contribution in [2.75, 3.05) is 45.9 Å². The van der Waals surface area contributed by atoms with Crippen molar-refractivity contribution in [2.24, 2.45) is 0 Å². The molecule has 0 aliphatic carbocycles. The number of sulfonamides is 2. The Kier molecular flexibility index (Phi) is 11.0. The lowest BCUT2D eigenvalue weighted by molar-refractivity contribution is 0.105. The van der Waals surface area contributed by atoms with E-state index in [1.165, 1.54) is 37.8 Å². The topological polar surface area (TPSA) is 104 Å². The Hall–Kier alpha value is -1.77. The minimum Gasteiger partial charge on any atom is -0.450 e. The fourth-order valence-electron chi connectivity index (χ4n) is 4.01. The van der Waals surface area contributed by atoms with E-state index in [4.69, 9.17) is 4.74 Å². The predicted octanol–water partition coefficient (Wildman–Crippen LogP) is 4.70. The predicted molar refractivity (Wildman–Crippen MR) is 153 cm³/mol. The Morgan fingerprint density at radius 1 is 0.789 bits per heavy atom. The maximum absolute atomic E-state index is 13.5. The van der Waals surface area contributed by atoms with Crippen molar-refractivity contribution in [1.82, 2.24) is 13.5 Å². The molecule has 208 valence electrons. The molecule has 2 aromatic carbocycles. The zero-order valence-corrected chi connectivity index (χ0v) is 25.9.